The molecule has 1 aromatic carbocycles. The number of benzene rings is 1. The summed E-state index contributed by atoms with van der Waals surface area (Å²) in [6.45, 7) is 6.02. The molecule has 9 heteroatoms. The number of anilines is 2. The zero-order valence-electron chi connectivity index (χ0n) is 17.1. The van der Waals surface area contributed by atoms with E-state index in [1.165, 1.54) is 11.3 Å². The molecule has 0 radical (unpaired) electrons. The second-order valence-corrected chi connectivity index (χ2v) is 11.4. The van der Waals surface area contributed by atoms with Gasteiger partial charge in [-0.15, -0.1) is 22.7 Å². The summed E-state index contributed by atoms with van der Waals surface area (Å²) in [4.78, 5) is 4.26. The van der Waals surface area contributed by atoms with Crippen molar-refractivity contribution in [2.75, 3.05) is 29.8 Å². The van der Waals surface area contributed by atoms with Gasteiger partial charge in [0.25, 0.3) is 10.0 Å². The Labute approximate surface area is 185 Å². The normalized spacial score (nSPS) is 19.6. The van der Waals surface area contributed by atoms with Gasteiger partial charge in [-0.25, -0.2) is 8.42 Å². The molecule has 4 rings (SSSR count). The van der Waals surface area contributed by atoms with Gasteiger partial charge >= 0.3 is 0 Å². The van der Waals surface area contributed by atoms with E-state index in [2.05, 4.69) is 28.8 Å². The van der Waals surface area contributed by atoms with Crippen LogP contribution in [0.4, 0.5) is 11.4 Å². The summed E-state index contributed by atoms with van der Waals surface area (Å²) in [5, 5.41) is 5.50. The Morgan fingerprint density at radius 1 is 1.10 bits per heavy atom. The first-order valence-electron chi connectivity index (χ1n) is 9.71. The van der Waals surface area contributed by atoms with Crippen molar-refractivity contribution in [3.8, 4) is 15.5 Å². The Morgan fingerprint density at radius 3 is 2.53 bits per heavy atom. The molecule has 6 nitrogen and oxygen atoms in total. The van der Waals surface area contributed by atoms with Gasteiger partial charge in [-0.2, -0.15) is 0 Å². The van der Waals surface area contributed by atoms with Crippen LogP contribution in [0, 0.1) is 0 Å². The van der Waals surface area contributed by atoms with Crippen LogP contribution >= 0.6 is 22.7 Å². The van der Waals surface area contributed by atoms with Gasteiger partial charge in [-0.05, 0) is 55.6 Å². The first-order chi connectivity index (χ1) is 14.4. The third-order valence-electron chi connectivity index (χ3n) is 4.96. The number of nitrogens with one attached hydrogen (secondary N) is 2. The highest BCUT2D eigenvalue weighted by Crippen LogP contribution is 2.36. The van der Waals surface area contributed by atoms with Gasteiger partial charge in [0.1, 0.15) is 9.96 Å². The zero-order valence-corrected chi connectivity index (χ0v) is 19.5. The average molecular weight is 464 g/mol. The molecule has 2 aromatic heterocycles. The van der Waals surface area contributed by atoms with Gasteiger partial charge in [0.15, 0.2) is 0 Å². The predicted molar refractivity (Wildman–Crippen MR) is 126 cm³/mol. The molecule has 0 spiro atoms. The summed E-state index contributed by atoms with van der Waals surface area (Å²) >= 11 is 2.86. The first kappa shape index (κ1) is 21.2. The SMILES string of the molecule is COc1ccc(N2C[C@@H](C)N[C@@H](C)C2)cc1NS(=O)(=O)c1ccc(-c2cccs2)s1. The predicted octanol–water partition coefficient (Wildman–Crippen LogP) is 4.47. The number of ether oxygens (including phenoxy) is 1. The molecule has 0 bridgehead atoms. The van der Waals surface area contributed by atoms with Gasteiger partial charge in [0, 0.05) is 40.6 Å². The first-order valence-corrected chi connectivity index (χ1v) is 12.9. The molecule has 1 aliphatic rings. The van der Waals surface area contributed by atoms with E-state index in [0.717, 1.165) is 28.5 Å². The van der Waals surface area contributed by atoms with Gasteiger partial charge in [0.05, 0.1) is 12.8 Å². The molecular weight excluding hydrogens is 438 g/mol. The molecule has 1 saturated heterocycles. The number of sulfonamides is 1. The molecule has 0 saturated carbocycles. The molecular formula is C21H25N3O3S3. The fraction of sp³-hybridized carbons (Fsp3) is 0.333. The lowest BCUT2D eigenvalue weighted by Crippen LogP contribution is -2.54. The van der Waals surface area contributed by atoms with Crippen molar-refractivity contribution in [1.29, 1.82) is 0 Å². The standard InChI is InChI=1S/C21H25N3O3S3/c1-14-12-24(13-15(2)22-14)16-6-7-18(27-3)17(11-16)23-30(25,26)21-9-8-20(29-21)19-5-4-10-28-19/h4-11,14-15,22-23H,12-13H2,1-3H3/t14-,15+. The van der Waals surface area contributed by atoms with Gasteiger partial charge in [0.2, 0.25) is 0 Å². The van der Waals surface area contributed by atoms with Gasteiger partial charge in [-0.1, -0.05) is 6.07 Å². The number of nitrogens with zero attached hydrogens (tertiary/aromatic N) is 1. The molecule has 0 amide bonds. The van der Waals surface area contributed by atoms with Crippen molar-refractivity contribution >= 4 is 44.1 Å². The summed E-state index contributed by atoms with van der Waals surface area (Å²) in [5.74, 6) is 0.494. The van der Waals surface area contributed by atoms with Crippen LogP contribution in [0.5, 0.6) is 5.75 Å². The zero-order chi connectivity index (χ0) is 21.3. The van der Waals surface area contributed by atoms with E-state index in [1.54, 1.807) is 24.5 Å². The molecule has 0 aliphatic carbocycles. The summed E-state index contributed by atoms with van der Waals surface area (Å²) in [7, 11) is -2.18. The van der Waals surface area contributed by atoms with E-state index >= 15 is 0 Å². The number of rotatable bonds is 6. The third-order valence-corrected chi connectivity index (χ3v) is 8.97. The highest BCUT2D eigenvalue weighted by molar-refractivity contribution is 7.94. The number of hydrogen-bond acceptors (Lipinski definition) is 7. The van der Waals surface area contributed by atoms with E-state index in [4.69, 9.17) is 4.74 Å². The highest BCUT2D eigenvalue weighted by atomic mass is 32.2. The maximum absolute atomic E-state index is 13.1. The number of methoxy groups -OCH3 is 1. The van der Waals surface area contributed by atoms with E-state index in [1.807, 2.05) is 41.8 Å². The largest absolute Gasteiger partial charge is 0.495 e. The Morgan fingerprint density at radius 2 is 1.87 bits per heavy atom. The van der Waals surface area contributed by atoms with E-state index in [0.29, 0.717) is 23.5 Å². The van der Waals surface area contributed by atoms with Crippen LogP contribution in [0.2, 0.25) is 0 Å². The Hall–Kier alpha value is -2.07. The lowest BCUT2D eigenvalue weighted by atomic mass is 10.1. The molecule has 0 unspecified atom stereocenters. The Balaban J connectivity index is 1.61. The molecule has 3 heterocycles. The van der Waals surface area contributed by atoms with E-state index < -0.39 is 10.0 Å². The maximum Gasteiger partial charge on any atom is 0.271 e. The van der Waals surface area contributed by atoms with Crippen LogP contribution < -0.4 is 19.7 Å². The average Bonchev–Trinajstić information content (AvgIpc) is 3.39. The topological polar surface area (TPSA) is 70.7 Å². The molecule has 1 aliphatic heterocycles. The third kappa shape index (κ3) is 4.49. The fourth-order valence-corrected chi connectivity index (χ4v) is 6.92. The Bertz CT molecular complexity index is 1100. The number of thiophene rings is 2. The summed E-state index contributed by atoms with van der Waals surface area (Å²) in [6.07, 6.45) is 0. The highest BCUT2D eigenvalue weighted by Gasteiger charge is 2.24. The molecule has 1 fully saturated rings. The quantitative estimate of drug-likeness (QED) is 0.564. The molecule has 2 atom stereocenters. The van der Waals surface area contributed by atoms with Crippen molar-refractivity contribution in [2.24, 2.45) is 0 Å². The fourth-order valence-electron chi connectivity index (χ4n) is 3.72. The minimum Gasteiger partial charge on any atom is -0.495 e. The molecule has 30 heavy (non-hydrogen) atoms. The second kappa shape index (κ2) is 8.58. The lowest BCUT2D eigenvalue weighted by molar-refractivity contribution is 0.406. The minimum atomic E-state index is -3.72. The minimum absolute atomic E-state index is 0.280. The van der Waals surface area contributed by atoms with Crippen molar-refractivity contribution < 1.29 is 13.2 Å². The van der Waals surface area contributed by atoms with Crippen molar-refractivity contribution in [3.63, 3.8) is 0 Å². The molecule has 3 aromatic rings. The lowest BCUT2D eigenvalue weighted by Gasteiger charge is -2.38. The van der Waals surface area contributed by atoms with Crippen LogP contribution in [-0.4, -0.2) is 40.7 Å². The second-order valence-electron chi connectivity index (χ2n) is 7.46. The summed E-state index contributed by atoms with van der Waals surface area (Å²) in [5.41, 5.74) is 1.42. The molecule has 2 N–H and O–H groups in total. The van der Waals surface area contributed by atoms with Crippen LogP contribution in [0.25, 0.3) is 9.75 Å². The monoisotopic (exact) mass is 463 g/mol. The van der Waals surface area contributed by atoms with E-state index in [-0.39, 0.29) is 4.21 Å². The van der Waals surface area contributed by atoms with Crippen molar-refractivity contribution in [1.82, 2.24) is 5.32 Å². The maximum atomic E-state index is 13.1. The van der Waals surface area contributed by atoms with Crippen LogP contribution in [0.15, 0.2) is 52.1 Å². The van der Waals surface area contributed by atoms with Crippen LogP contribution in [0.1, 0.15) is 13.8 Å². The van der Waals surface area contributed by atoms with Gasteiger partial charge in [-0.3, -0.25) is 4.72 Å². The van der Waals surface area contributed by atoms with Gasteiger partial charge < -0.3 is 15.0 Å². The summed E-state index contributed by atoms with van der Waals surface area (Å²) < 4.78 is 34.6. The number of piperazine rings is 1. The van der Waals surface area contributed by atoms with Crippen molar-refractivity contribution in [3.05, 3.63) is 47.8 Å². The molecule has 160 valence electrons. The van der Waals surface area contributed by atoms with E-state index in [9.17, 15) is 8.42 Å². The smallest absolute Gasteiger partial charge is 0.271 e. The van der Waals surface area contributed by atoms with Crippen LogP contribution in [0.3, 0.4) is 0 Å². The van der Waals surface area contributed by atoms with Crippen LogP contribution in [-0.2, 0) is 10.0 Å². The Kier molecular flexibility index (Phi) is 6.06. The summed E-state index contributed by atoms with van der Waals surface area (Å²) in [6, 6.07) is 13.8. The van der Waals surface area contributed by atoms with Crippen molar-refractivity contribution in [2.45, 2.75) is 30.1 Å². The number of hydrogen-bond donors (Lipinski definition) is 2.